The molecule has 3 unspecified atom stereocenters. The number of likely N-dealkylation sites (N-methyl/N-ethyl adjacent to an activating group) is 1. The summed E-state index contributed by atoms with van der Waals surface area (Å²) >= 11 is 6.25. The molecule has 0 aliphatic carbocycles. The summed E-state index contributed by atoms with van der Waals surface area (Å²) in [6.45, 7) is 9.36. The maximum atomic E-state index is 13.0. The fourth-order valence-electron chi connectivity index (χ4n) is 3.26. The number of rotatable bonds is 3. The molecule has 1 heterocycles. The van der Waals surface area contributed by atoms with Crippen LogP contribution in [0.2, 0.25) is 5.02 Å². The lowest BCUT2D eigenvalue weighted by Crippen LogP contribution is -2.65. The topological polar surface area (TPSA) is 73.0 Å². The van der Waals surface area contributed by atoms with Gasteiger partial charge in [0.05, 0.1) is 16.8 Å². The zero-order chi connectivity index (χ0) is 21.3. The summed E-state index contributed by atoms with van der Waals surface area (Å²) in [5.74, 6) is -0.276. The highest BCUT2D eigenvalue weighted by molar-refractivity contribution is 6.33. The zero-order valence-corrected chi connectivity index (χ0v) is 18.2. The average Bonchev–Trinajstić information content (AvgIpc) is 2.65. The van der Waals surface area contributed by atoms with Gasteiger partial charge in [-0.25, -0.2) is 4.79 Å². The third-order valence-corrected chi connectivity index (χ3v) is 5.98. The first-order valence-electron chi connectivity index (χ1n) is 9.40. The van der Waals surface area contributed by atoms with Gasteiger partial charge in [-0.1, -0.05) is 11.6 Å². The van der Waals surface area contributed by atoms with Crippen molar-refractivity contribution in [2.45, 2.75) is 58.8 Å². The van der Waals surface area contributed by atoms with Crippen molar-refractivity contribution >= 4 is 35.1 Å². The Bertz CT molecular complexity index is 783. The van der Waals surface area contributed by atoms with Crippen molar-refractivity contribution < 1.29 is 14.4 Å². The number of carbonyl (C=O) groups is 3. The van der Waals surface area contributed by atoms with Crippen LogP contribution in [0.1, 0.15) is 45.0 Å². The predicted octanol–water partition coefficient (Wildman–Crippen LogP) is 3.29. The molecule has 2 rings (SSSR count). The van der Waals surface area contributed by atoms with E-state index in [1.807, 2.05) is 27.7 Å². The Balaban J connectivity index is 2.27. The molecule has 1 aromatic rings. The molecular formula is C20H29ClN4O3. The van der Waals surface area contributed by atoms with Crippen LogP contribution in [0.4, 0.5) is 10.5 Å². The summed E-state index contributed by atoms with van der Waals surface area (Å²) in [6.07, 6.45) is 0. The molecule has 1 fully saturated rings. The van der Waals surface area contributed by atoms with Crippen molar-refractivity contribution in [1.82, 2.24) is 14.7 Å². The number of carbonyl (C=O) groups excluding carboxylic acids is 3. The molecule has 0 radical (unpaired) electrons. The molecule has 1 saturated heterocycles. The van der Waals surface area contributed by atoms with Crippen LogP contribution in [-0.2, 0) is 4.79 Å². The van der Waals surface area contributed by atoms with Crippen molar-refractivity contribution in [2.24, 2.45) is 0 Å². The summed E-state index contributed by atoms with van der Waals surface area (Å²) in [5, 5.41) is 3.10. The van der Waals surface area contributed by atoms with Crippen molar-refractivity contribution in [2.75, 3.05) is 19.4 Å². The van der Waals surface area contributed by atoms with Gasteiger partial charge >= 0.3 is 6.03 Å². The van der Waals surface area contributed by atoms with Crippen LogP contribution in [0.3, 0.4) is 0 Å². The van der Waals surface area contributed by atoms with Crippen LogP contribution >= 0.6 is 11.6 Å². The second kappa shape index (κ2) is 8.39. The number of piperazine rings is 1. The Hall–Kier alpha value is -2.28. The molecule has 4 amide bonds. The standard InChI is InChI=1S/C20H29ClN4O3/c1-11(2)23(6)19(27)15-8-9-16(21)17(10-15)22-20(28)25-13(4)12(3)24(7)18(26)14(25)5/h8-14H,1-7H3,(H,22,28). The molecule has 1 aromatic carbocycles. The van der Waals surface area contributed by atoms with Crippen molar-refractivity contribution in [3.8, 4) is 0 Å². The minimum atomic E-state index is -0.591. The lowest BCUT2D eigenvalue weighted by atomic mass is 10.0. The fourth-order valence-corrected chi connectivity index (χ4v) is 3.42. The Labute approximate surface area is 171 Å². The smallest absolute Gasteiger partial charge is 0.322 e. The fraction of sp³-hybridized carbons (Fsp3) is 0.550. The Kier molecular flexibility index (Phi) is 6.59. The minimum absolute atomic E-state index is 0.0424. The number of hydrogen-bond acceptors (Lipinski definition) is 3. The second-order valence-electron chi connectivity index (χ2n) is 7.65. The number of halogens is 1. The molecule has 154 valence electrons. The van der Waals surface area contributed by atoms with E-state index in [4.69, 9.17) is 11.6 Å². The average molecular weight is 409 g/mol. The lowest BCUT2D eigenvalue weighted by Gasteiger charge is -2.46. The van der Waals surface area contributed by atoms with Crippen LogP contribution < -0.4 is 5.32 Å². The molecule has 0 bridgehead atoms. The first-order valence-corrected chi connectivity index (χ1v) is 9.77. The maximum absolute atomic E-state index is 13.0. The van der Waals surface area contributed by atoms with Crippen molar-refractivity contribution in [1.29, 1.82) is 0 Å². The van der Waals surface area contributed by atoms with Gasteiger partial charge in [0.1, 0.15) is 6.04 Å². The molecule has 1 aliphatic heterocycles. The van der Waals surface area contributed by atoms with Crippen LogP contribution in [0.5, 0.6) is 0 Å². The molecule has 8 heteroatoms. The van der Waals surface area contributed by atoms with Gasteiger partial charge in [0.15, 0.2) is 0 Å². The van der Waals surface area contributed by atoms with E-state index < -0.39 is 12.1 Å². The third kappa shape index (κ3) is 4.09. The summed E-state index contributed by atoms with van der Waals surface area (Å²) < 4.78 is 0. The normalized spacial score (nSPS) is 22.5. The van der Waals surface area contributed by atoms with Crippen LogP contribution in [0, 0.1) is 0 Å². The molecule has 1 N–H and O–H groups in total. The number of nitrogens with one attached hydrogen (secondary N) is 1. The summed E-state index contributed by atoms with van der Waals surface area (Å²) in [6, 6.07) is 3.53. The van der Waals surface area contributed by atoms with Gasteiger partial charge in [0.25, 0.3) is 5.91 Å². The zero-order valence-electron chi connectivity index (χ0n) is 17.5. The summed E-state index contributed by atoms with van der Waals surface area (Å²) in [4.78, 5) is 42.7. The van der Waals surface area contributed by atoms with Crippen LogP contribution in [0.15, 0.2) is 18.2 Å². The van der Waals surface area contributed by atoms with E-state index in [9.17, 15) is 14.4 Å². The van der Waals surface area contributed by atoms with E-state index in [2.05, 4.69) is 5.32 Å². The number of urea groups is 1. The number of nitrogens with zero attached hydrogens (tertiary/aromatic N) is 3. The van der Waals surface area contributed by atoms with E-state index in [1.54, 1.807) is 49.0 Å². The molecule has 1 aliphatic rings. The van der Waals surface area contributed by atoms with E-state index in [0.717, 1.165) is 0 Å². The van der Waals surface area contributed by atoms with Crippen LogP contribution in [-0.4, -0.2) is 70.8 Å². The monoisotopic (exact) mass is 408 g/mol. The van der Waals surface area contributed by atoms with E-state index in [0.29, 0.717) is 16.3 Å². The molecule has 0 spiro atoms. The Morgan fingerprint density at radius 2 is 1.79 bits per heavy atom. The van der Waals surface area contributed by atoms with E-state index in [-0.39, 0.29) is 29.9 Å². The number of amides is 4. The quantitative estimate of drug-likeness (QED) is 0.833. The van der Waals surface area contributed by atoms with Gasteiger partial charge in [0.2, 0.25) is 5.91 Å². The van der Waals surface area contributed by atoms with Gasteiger partial charge in [-0.15, -0.1) is 0 Å². The predicted molar refractivity (Wildman–Crippen MR) is 111 cm³/mol. The molecule has 28 heavy (non-hydrogen) atoms. The molecule has 0 saturated carbocycles. The number of anilines is 1. The SMILES string of the molecule is CC(C)N(C)C(=O)c1ccc(Cl)c(NC(=O)N2C(C)C(=O)N(C)C(C)C2C)c1. The highest BCUT2D eigenvalue weighted by Crippen LogP contribution is 2.27. The van der Waals surface area contributed by atoms with Gasteiger partial charge in [-0.05, 0) is 52.8 Å². The molecule has 0 aromatic heterocycles. The molecule has 3 atom stereocenters. The first-order chi connectivity index (χ1) is 13.0. The van der Waals surface area contributed by atoms with Gasteiger partial charge in [-0.2, -0.15) is 0 Å². The van der Waals surface area contributed by atoms with Gasteiger partial charge < -0.3 is 20.0 Å². The van der Waals surface area contributed by atoms with Gasteiger partial charge in [0, 0.05) is 31.7 Å². The highest BCUT2D eigenvalue weighted by atomic mass is 35.5. The summed E-state index contributed by atoms with van der Waals surface area (Å²) in [7, 11) is 3.47. The van der Waals surface area contributed by atoms with E-state index >= 15 is 0 Å². The molecule has 7 nitrogen and oxygen atoms in total. The van der Waals surface area contributed by atoms with E-state index in [1.165, 1.54) is 4.90 Å². The Morgan fingerprint density at radius 3 is 2.36 bits per heavy atom. The Morgan fingerprint density at radius 1 is 1.18 bits per heavy atom. The highest BCUT2D eigenvalue weighted by Gasteiger charge is 2.41. The largest absolute Gasteiger partial charge is 0.339 e. The number of hydrogen-bond donors (Lipinski definition) is 1. The van der Waals surface area contributed by atoms with Crippen LogP contribution in [0.25, 0.3) is 0 Å². The van der Waals surface area contributed by atoms with Gasteiger partial charge in [-0.3, -0.25) is 9.59 Å². The van der Waals surface area contributed by atoms with Crippen molar-refractivity contribution in [3.63, 3.8) is 0 Å². The minimum Gasteiger partial charge on any atom is -0.339 e. The maximum Gasteiger partial charge on any atom is 0.322 e. The van der Waals surface area contributed by atoms with Crippen molar-refractivity contribution in [3.05, 3.63) is 28.8 Å². The number of benzene rings is 1. The molecular weight excluding hydrogens is 380 g/mol. The summed E-state index contributed by atoms with van der Waals surface area (Å²) in [5.41, 5.74) is 0.771. The second-order valence-corrected chi connectivity index (χ2v) is 8.06. The lowest BCUT2D eigenvalue weighted by molar-refractivity contribution is -0.143. The first kappa shape index (κ1) is 22.0. The third-order valence-electron chi connectivity index (χ3n) is 5.65.